The smallest absolute Gasteiger partial charge is 0.330 e. The lowest BCUT2D eigenvalue weighted by molar-refractivity contribution is -0.147. The summed E-state index contributed by atoms with van der Waals surface area (Å²) in [5, 5.41) is 0.801. The Morgan fingerprint density at radius 1 is 1.11 bits per heavy atom. The van der Waals surface area contributed by atoms with Crippen LogP contribution in [0.25, 0.3) is 10.2 Å². The minimum atomic E-state index is -0.792. The number of hydrogen-bond acceptors (Lipinski definition) is 8. The average Bonchev–Trinajstić information content (AvgIpc) is 3.30. The number of nitrogen functional groups attached to an aromatic ring is 1. The summed E-state index contributed by atoms with van der Waals surface area (Å²) < 4.78 is 7.38. The first-order valence-corrected chi connectivity index (χ1v) is 12.2. The van der Waals surface area contributed by atoms with Gasteiger partial charge in [-0.3, -0.25) is 23.9 Å². The second-order valence-corrected chi connectivity index (χ2v) is 9.05. The summed E-state index contributed by atoms with van der Waals surface area (Å²) in [4.78, 5) is 57.9. The van der Waals surface area contributed by atoms with Crippen LogP contribution in [-0.2, 0) is 27.3 Å². The van der Waals surface area contributed by atoms with Crippen molar-refractivity contribution < 1.29 is 14.3 Å². The highest BCUT2D eigenvalue weighted by atomic mass is 32.1. The maximum Gasteiger partial charge on any atom is 0.330 e. The molecule has 2 aromatic heterocycles. The van der Waals surface area contributed by atoms with Gasteiger partial charge in [-0.15, -0.1) is 11.3 Å². The molecule has 0 bridgehead atoms. The molecular formula is C25H25N5O5S. The number of nitrogens with one attached hydrogen (secondary N) is 1. The minimum Gasteiger partial charge on any atom is -0.456 e. The second-order valence-electron chi connectivity index (χ2n) is 7.94. The Balaban J connectivity index is 1.43. The van der Waals surface area contributed by atoms with Crippen LogP contribution in [-0.4, -0.2) is 39.6 Å². The van der Waals surface area contributed by atoms with Crippen molar-refractivity contribution in [2.45, 2.75) is 26.3 Å². The zero-order valence-electron chi connectivity index (χ0n) is 19.6. The fourth-order valence-corrected chi connectivity index (χ4v) is 4.72. The van der Waals surface area contributed by atoms with Crippen LogP contribution in [0.3, 0.4) is 0 Å². The third-order valence-corrected chi connectivity index (χ3v) is 6.62. The highest BCUT2D eigenvalue weighted by Crippen LogP contribution is 2.22. The molecule has 0 radical (unpaired) electrons. The van der Waals surface area contributed by atoms with Crippen molar-refractivity contribution in [1.29, 1.82) is 0 Å². The Hall–Kier alpha value is -4.25. The lowest BCUT2D eigenvalue weighted by Crippen LogP contribution is -2.42. The summed E-state index contributed by atoms with van der Waals surface area (Å²) in [6.07, 6.45) is 0.449. The number of H-pyrrole nitrogens is 1. The molecule has 0 saturated heterocycles. The van der Waals surface area contributed by atoms with Gasteiger partial charge < -0.3 is 15.4 Å². The molecule has 4 aromatic rings. The van der Waals surface area contributed by atoms with E-state index in [1.165, 1.54) is 15.9 Å². The number of hydrogen-bond donors (Lipinski definition) is 2. The number of esters is 1. The second kappa shape index (κ2) is 11.0. The molecule has 0 saturated carbocycles. The molecule has 0 fully saturated rings. The van der Waals surface area contributed by atoms with Crippen molar-refractivity contribution >= 4 is 44.9 Å². The molecule has 4 rings (SSSR count). The van der Waals surface area contributed by atoms with Gasteiger partial charge in [-0.05, 0) is 24.6 Å². The van der Waals surface area contributed by atoms with Crippen LogP contribution in [0.15, 0.2) is 64.2 Å². The van der Waals surface area contributed by atoms with Crippen molar-refractivity contribution in [3.05, 3.63) is 86.0 Å². The van der Waals surface area contributed by atoms with E-state index >= 15 is 0 Å². The number of carbonyl (C=O) groups is 2. The van der Waals surface area contributed by atoms with Crippen LogP contribution < -0.4 is 21.9 Å². The third kappa shape index (κ3) is 5.52. The standard InChI is InChI=1S/C25H25N5O5S/c1-2-29(22-23(26)30(25(34)28-24(22)33)14-16-8-4-3-5-9-16)20(31)15-35-21(32)13-12-19-27-17-10-6-7-11-18(17)36-19/h3-11H,2,12-15,26H2,1H3,(H,28,33,34). The first-order chi connectivity index (χ1) is 17.4. The SMILES string of the molecule is CCN(C(=O)COC(=O)CCc1nc2ccccc2s1)c1c(N)n(Cc2ccccc2)c(=O)[nH]c1=O. The number of para-hydroxylation sites is 1. The molecule has 2 aromatic carbocycles. The number of anilines is 2. The molecular weight excluding hydrogens is 482 g/mol. The molecule has 36 heavy (non-hydrogen) atoms. The quantitative estimate of drug-likeness (QED) is 0.331. The average molecular weight is 508 g/mol. The van der Waals surface area contributed by atoms with Crippen LogP contribution in [0.1, 0.15) is 23.9 Å². The monoisotopic (exact) mass is 507 g/mol. The van der Waals surface area contributed by atoms with Crippen molar-refractivity contribution in [3.63, 3.8) is 0 Å². The number of carbonyl (C=O) groups excluding carboxylic acids is 2. The van der Waals surface area contributed by atoms with E-state index in [-0.39, 0.29) is 31.0 Å². The van der Waals surface area contributed by atoms with Gasteiger partial charge in [0.25, 0.3) is 11.5 Å². The number of aromatic nitrogens is 3. The summed E-state index contributed by atoms with van der Waals surface area (Å²) in [6.45, 7) is 1.28. The molecule has 0 atom stereocenters. The molecule has 186 valence electrons. The number of nitrogens with zero attached hydrogens (tertiary/aromatic N) is 3. The normalized spacial score (nSPS) is 10.9. The first kappa shape index (κ1) is 24.9. The minimum absolute atomic E-state index is 0.0594. The zero-order chi connectivity index (χ0) is 25.7. The lowest BCUT2D eigenvalue weighted by atomic mass is 10.2. The van der Waals surface area contributed by atoms with E-state index in [0.717, 1.165) is 25.7 Å². The Morgan fingerprint density at radius 3 is 2.56 bits per heavy atom. The van der Waals surface area contributed by atoms with E-state index in [1.807, 2.05) is 54.6 Å². The summed E-state index contributed by atoms with van der Waals surface area (Å²) >= 11 is 1.50. The topological polar surface area (TPSA) is 140 Å². The fraction of sp³-hybridized carbons (Fsp3) is 0.240. The summed E-state index contributed by atoms with van der Waals surface area (Å²) in [5.41, 5.74) is 6.21. The fourth-order valence-electron chi connectivity index (χ4n) is 3.75. The summed E-state index contributed by atoms with van der Waals surface area (Å²) in [6, 6.07) is 16.8. The summed E-state index contributed by atoms with van der Waals surface area (Å²) in [7, 11) is 0. The predicted molar refractivity (Wildman–Crippen MR) is 138 cm³/mol. The number of likely N-dealkylation sites (N-methyl/N-ethyl adjacent to an activating group) is 1. The number of fused-ring (bicyclic) bond motifs is 1. The van der Waals surface area contributed by atoms with Crippen molar-refractivity contribution in [2.75, 3.05) is 23.8 Å². The molecule has 2 heterocycles. The number of amides is 1. The predicted octanol–water partition coefficient (Wildman–Crippen LogP) is 2.31. The van der Waals surface area contributed by atoms with E-state index in [4.69, 9.17) is 10.5 Å². The molecule has 0 aliphatic heterocycles. The molecule has 0 spiro atoms. The van der Waals surface area contributed by atoms with E-state index in [9.17, 15) is 19.2 Å². The van der Waals surface area contributed by atoms with Crippen LogP contribution in [0.2, 0.25) is 0 Å². The van der Waals surface area contributed by atoms with Gasteiger partial charge in [-0.1, -0.05) is 42.5 Å². The maximum absolute atomic E-state index is 12.9. The number of benzene rings is 2. The molecule has 0 aliphatic carbocycles. The molecule has 10 nitrogen and oxygen atoms in total. The number of aromatic amines is 1. The van der Waals surface area contributed by atoms with Gasteiger partial charge in [-0.25, -0.2) is 9.78 Å². The number of ether oxygens (including phenoxy) is 1. The van der Waals surface area contributed by atoms with Gasteiger partial charge in [0, 0.05) is 13.0 Å². The maximum atomic E-state index is 12.9. The van der Waals surface area contributed by atoms with Gasteiger partial charge in [-0.2, -0.15) is 0 Å². The Bertz CT molecular complexity index is 1480. The van der Waals surface area contributed by atoms with Gasteiger partial charge >= 0.3 is 11.7 Å². The van der Waals surface area contributed by atoms with E-state index in [0.29, 0.717) is 6.42 Å². The molecule has 1 amide bonds. The van der Waals surface area contributed by atoms with Gasteiger partial charge in [0.2, 0.25) is 0 Å². The van der Waals surface area contributed by atoms with Crippen molar-refractivity contribution in [1.82, 2.24) is 14.5 Å². The largest absolute Gasteiger partial charge is 0.456 e. The van der Waals surface area contributed by atoms with Gasteiger partial charge in [0.05, 0.1) is 28.2 Å². The lowest BCUT2D eigenvalue weighted by Gasteiger charge is -2.23. The number of thiazole rings is 1. The zero-order valence-corrected chi connectivity index (χ0v) is 20.4. The molecule has 3 N–H and O–H groups in total. The van der Waals surface area contributed by atoms with Crippen LogP contribution in [0, 0.1) is 0 Å². The first-order valence-electron chi connectivity index (χ1n) is 11.3. The number of rotatable bonds is 9. The van der Waals surface area contributed by atoms with E-state index < -0.39 is 29.7 Å². The Morgan fingerprint density at radius 2 is 1.83 bits per heavy atom. The van der Waals surface area contributed by atoms with Crippen molar-refractivity contribution in [2.24, 2.45) is 0 Å². The highest BCUT2D eigenvalue weighted by Gasteiger charge is 2.24. The van der Waals surface area contributed by atoms with Crippen LogP contribution >= 0.6 is 11.3 Å². The molecule has 11 heteroatoms. The number of aryl methyl sites for hydroxylation is 1. The van der Waals surface area contributed by atoms with Gasteiger partial charge in [0.15, 0.2) is 12.3 Å². The van der Waals surface area contributed by atoms with Gasteiger partial charge in [0.1, 0.15) is 5.82 Å². The summed E-state index contributed by atoms with van der Waals surface area (Å²) in [5.74, 6) is -1.34. The molecule has 0 aliphatic rings. The Labute approximate surface area is 210 Å². The highest BCUT2D eigenvalue weighted by molar-refractivity contribution is 7.18. The third-order valence-electron chi connectivity index (χ3n) is 5.52. The number of nitrogens with two attached hydrogens (primary N) is 1. The molecule has 0 unspecified atom stereocenters. The van der Waals surface area contributed by atoms with Crippen molar-refractivity contribution in [3.8, 4) is 0 Å². The Kier molecular flexibility index (Phi) is 7.59. The van der Waals surface area contributed by atoms with E-state index in [1.54, 1.807) is 6.92 Å². The van der Waals surface area contributed by atoms with Crippen LogP contribution in [0.4, 0.5) is 11.5 Å². The van der Waals surface area contributed by atoms with Crippen LogP contribution in [0.5, 0.6) is 0 Å². The van der Waals surface area contributed by atoms with E-state index in [2.05, 4.69) is 9.97 Å².